The smallest absolute Gasteiger partial charge is 0.407 e. The van der Waals surface area contributed by atoms with Crippen molar-refractivity contribution in [2.24, 2.45) is 5.41 Å². The van der Waals surface area contributed by atoms with Crippen molar-refractivity contribution in [3.63, 3.8) is 0 Å². The molecule has 3 heterocycles. The van der Waals surface area contributed by atoms with Gasteiger partial charge in [-0.1, -0.05) is 31.0 Å². The number of hydrogen-bond donors (Lipinski definition) is 3. The fourth-order valence-corrected chi connectivity index (χ4v) is 6.52. The van der Waals surface area contributed by atoms with Crippen LogP contribution in [0.4, 0.5) is 4.79 Å². The Morgan fingerprint density at radius 1 is 1.11 bits per heavy atom. The monoisotopic (exact) mass is 528 g/mol. The quantitative estimate of drug-likeness (QED) is 0.532. The second kappa shape index (κ2) is 10.4. The summed E-state index contributed by atoms with van der Waals surface area (Å²) >= 11 is 0. The third-order valence-corrected chi connectivity index (χ3v) is 8.72. The van der Waals surface area contributed by atoms with E-state index in [2.05, 4.69) is 10.6 Å². The molecule has 5 atom stereocenters. The van der Waals surface area contributed by atoms with Crippen LogP contribution in [0.2, 0.25) is 0 Å². The first-order chi connectivity index (χ1) is 18.2. The van der Waals surface area contributed by atoms with Crippen LogP contribution in [-0.2, 0) is 19.1 Å². The second-order valence-electron chi connectivity index (χ2n) is 10.9. The predicted octanol–water partition coefficient (Wildman–Crippen LogP) is 2.02. The highest BCUT2D eigenvalue weighted by Crippen LogP contribution is 2.53. The van der Waals surface area contributed by atoms with Gasteiger partial charge in [0.2, 0.25) is 17.7 Å². The minimum Gasteiger partial charge on any atom is -0.493 e. The lowest BCUT2D eigenvalue weighted by Gasteiger charge is -2.37. The Kier molecular flexibility index (Phi) is 7.21. The SMILES string of the molecule is C[C@@H](C(=O)N[C@H]1CCO[C@H]2CC3(CCCC3)[C@@H](C(=O)NC3CCOc4ccccc43)N2C1=O)N(C)C(=O)O. The second-order valence-corrected chi connectivity index (χ2v) is 10.9. The normalized spacial score (nSPS) is 28.5. The van der Waals surface area contributed by atoms with Crippen LogP contribution in [0.5, 0.6) is 5.75 Å². The van der Waals surface area contributed by atoms with E-state index >= 15 is 0 Å². The summed E-state index contributed by atoms with van der Waals surface area (Å²) in [5, 5.41) is 15.2. The van der Waals surface area contributed by atoms with Crippen molar-refractivity contribution >= 4 is 23.8 Å². The van der Waals surface area contributed by atoms with Crippen LogP contribution in [0.3, 0.4) is 0 Å². The molecule has 0 radical (unpaired) electrons. The number of nitrogens with one attached hydrogen (secondary N) is 2. The lowest BCUT2D eigenvalue weighted by atomic mass is 9.77. The highest BCUT2D eigenvalue weighted by molar-refractivity contribution is 5.95. The molecule has 0 bridgehead atoms. The number of hydrogen-bond acceptors (Lipinski definition) is 6. The number of likely N-dealkylation sites (N-methyl/N-ethyl adjacent to an activating group) is 1. The van der Waals surface area contributed by atoms with Crippen LogP contribution < -0.4 is 15.4 Å². The van der Waals surface area contributed by atoms with Crippen molar-refractivity contribution in [1.29, 1.82) is 0 Å². The van der Waals surface area contributed by atoms with Crippen LogP contribution in [0.25, 0.3) is 0 Å². The summed E-state index contributed by atoms with van der Waals surface area (Å²) in [5.41, 5.74) is 0.542. The van der Waals surface area contributed by atoms with Gasteiger partial charge >= 0.3 is 6.09 Å². The molecule has 1 unspecified atom stereocenters. The largest absolute Gasteiger partial charge is 0.493 e. The van der Waals surface area contributed by atoms with E-state index in [-0.39, 0.29) is 36.3 Å². The van der Waals surface area contributed by atoms with Crippen LogP contribution in [0.1, 0.15) is 63.5 Å². The average Bonchev–Trinajstić information content (AvgIpc) is 3.47. The maximum absolute atomic E-state index is 14.0. The van der Waals surface area contributed by atoms with E-state index < -0.39 is 36.4 Å². The minimum atomic E-state index is -1.24. The highest BCUT2D eigenvalue weighted by Gasteiger charge is 2.59. The molecule has 206 valence electrons. The molecule has 3 aliphatic heterocycles. The molecule has 11 heteroatoms. The van der Waals surface area contributed by atoms with Crippen LogP contribution in [-0.4, -0.2) is 83.3 Å². The van der Waals surface area contributed by atoms with Gasteiger partial charge in [-0.3, -0.25) is 19.3 Å². The average molecular weight is 529 g/mol. The fraction of sp³-hybridized carbons (Fsp3) is 0.630. The topological polar surface area (TPSA) is 138 Å². The summed E-state index contributed by atoms with van der Waals surface area (Å²) in [6.45, 7) is 2.21. The summed E-state index contributed by atoms with van der Waals surface area (Å²) in [6.07, 6.45) is 3.31. The van der Waals surface area contributed by atoms with E-state index in [0.717, 1.165) is 41.9 Å². The minimum absolute atomic E-state index is 0.209. The molecule has 1 aromatic rings. The Hall–Kier alpha value is -3.34. The summed E-state index contributed by atoms with van der Waals surface area (Å²) in [7, 11) is 1.31. The van der Waals surface area contributed by atoms with Crippen LogP contribution >= 0.6 is 0 Å². The zero-order valence-electron chi connectivity index (χ0n) is 21.9. The number of rotatable bonds is 5. The van der Waals surface area contributed by atoms with E-state index in [0.29, 0.717) is 19.4 Å². The molecule has 3 fully saturated rings. The number of carboxylic acid groups (broad SMARTS) is 1. The number of amides is 4. The van der Waals surface area contributed by atoms with Gasteiger partial charge in [0.15, 0.2) is 0 Å². The van der Waals surface area contributed by atoms with Crippen molar-refractivity contribution in [3.8, 4) is 5.75 Å². The fourth-order valence-electron chi connectivity index (χ4n) is 6.52. The lowest BCUT2D eigenvalue weighted by Crippen LogP contribution is -2.59. The first kappa shape index (κ1) is 26.3. The van der Waals surface area contributed by atoms with E-state index in [4.69, 9.17) is 9.47 Å². The number of carbonyl (C=O) groups is 4. The van der Waals surface area contributed by atoms with Gasteiger partial charge < -0.3 is 30.1 Å². The molecule has 1 aromatic carbocycles. The summed E-state index contributed by atoms with van der Waals surface area (Å²) < 4.78 is 11.9. The van der Waals surface area contributed by atoms with E-state index in [1.807, 2.05) is 24.3 Å². The van der Waals surface area contributed by atoms with Gasteiger partial charge in [0.05, 0.1) is 19.3 Å². The standard InChI is InChI=1S/C27H36N4O7/c1-16(30(2)26(35)36)23(32)29-19-10-14-38-21-15-27(11-5-6-12-27)22(31(21)25(19)34)24(33)28-18-9-13-37-20-8-4-3-7-17(18)20/h3-4,7-8,16,18-19,21-22H,5-6,9-15H2,1-2H3,(H,28,33)(H,29,32)(H,35,36)/t16-,18?,19-,21-,22+/m0/s1. The molecule has 4 amide bonds. The molecule has 0 aromatic heterocycles. The van der Waals surface area contributed by atoms with Gasteiger partial charge in [-0.25, -0.2) is 4.79 Å². The number of carbonyl (C=O) groups excluding carboxylic acids is 3. The molecule has 2 saturated heterocycles. The Morgan fingerprint density at radius 2 is 1.82 bits per heavy atom. The third kappa shape index (κ3) is 4.68. The Morgan fingerprint density at radius 3 is 2.55 bits per heavy atom. The summed E-state index contributed by atoms with van der Waals surface area (Å²) in [4.78, 5) is 54.6. The first-order valence-electron chi connectivity index (χ1n) is 13.4. The van der Waals surface area contributed by atoms with E-state index in [1.165, 1.54) is 14.0 Å². The number of benzene rings is 1. The van der Waals surface area contributed by atoms with Gasteiger partial charge in [0.1, 0.15) is 30.1 Å². The molecule has 4 aliphatic rings. The molecule has 1 saturated carbocycles. The summed E-state index contributed by atoms with van der Waals surface area (Å²) in [6, 6.07) is 4.82. The molecule has 3 N–H and O–H groups in total. The van der Waals surface area contributed by atoms with Gasteiger partial charge in [-0.05, 0) is 25.8 Å². The maximum Gasteiger partial charge on any atom is 0.407 e. The van der Waals surface area contributed by atoms with Gasteiger partial charge in [0.25, 0.3) is 0 Å². The van der Waals surface area contributed by atoms with Crippen LogP contribution in [0, 0.1) is 5.41 Å². The van der Waals surface area contributed by atoms with Crippen LogP contribution in [0.15, 0.2) is 24.3 Å². The molecule has 38 heavy (non-hydrogen) atoms. The Bertz CT molecular complexity index is 1100. The zero-order valence-corrected chi connectivity index (χ0v) is 21.9. The highest BCUT2D eigenvalue weighted by atomic mass is 16.5. The van der Waals surface area contributed by atoms with Crippen molar-refractivity contribution < 1.29 is 33.8 Å². The lowest BCUT2D eigenvalue weighted by molar-refractivity contribution is -0.150. The van der Waals surface area contributed by atoms with Gasteiger partial charge in [0, 0.05) is 37.3 Å². The Balaban J connectivity index is 1.39. The van der Waals surface area contributed by atoms with Crippen molar-refractivity contribution in [2.75, 3.05) is 20.3 Å². The molecular formula is C27H36N4O7. The Labute approximate surface area is 221 Å². The van der Waals surface area contributed by atoms with E-state index in [9.17, 15) is 24.3 Å². The van der Waals surface area contributed by atoms with Crippen molar-refractivity contribution in [2.45, 2.75) is 82.3 Å². The van der Waals surface area contributed by atoms with Crippen molar-refractivity contribution in [3.05, 3.63) is 29.8 Å². The molecule has 1 spiro atoms. The molecule has 11 nitrogen and oxygen atoms in total. The maximum atomic E-state index is 14.0. The molecule has 5 rings (SSSR count). The molecular weight excluding hydrogens is 492 g/mol. The number of fused-ring (bicyclic) bond motifs is 2. The number of ether oxygens (including phenoxy) is 2. The summed E-state index contributed by atoms with van der Waals surface area (Å²) in [5.74, 6) is -0.385. The first-order valence-corrected chi connectivity index (χ1v) is 13.4. The van der Waals surface area contributed by atoms with Gasteiger partial charge in [-0.15, -0.1) is 0 Å². The zero-order chi connectivity index (χ0) is 27.0. The molecule has 1 aliphatic carbocycles. The predicted molar refractivity (Wildman–Crippen MR) is 135 cm³/mol. The van der Waals surface area contributed by atoms with Crippen molar-refractivity contribution in [1.82, 2.24) is 20.4 Å². The number of para-hydroxylation sites is 1. The van der Waals surface area contributed by atoms with Gasteiger partial charge in [-0.2, -0.15) is 0 Å². The number of nitrogens with zero attached hydrogens (tertiary/aromatic N) is 2. The third-order valence-electron chi connectivity index (χ3n) is 8.72. The van der Waals surface area contributed by atoms with E-state index in [1.54, 1.807) is 4.90 Å².